The number of hydrogen-bond donors (Lipinski definition) is 1. The van der Waals surface area contributed by atoms with Gasteiger partial charge in [-0.15, -0.1) is 0 Å². The first-order valence-electron chi connectivity index (χ1n) is 10.8. The van der Waals surface area contributed by atoms with Crippen LogP contribution in [0, 0.1) is 0 Å². The Morgan fingerprint density at radius 3 is 2.41 bits per heavy atom. The highest BCUT2D eigenvalue weighted by Crippen LogP contribution is 2.24. The van der Waals surface area contributed by atoms with E-state index < -0.39 is 0 Å². The number of hydrogen-bond acceptors (Lipinski definition) is 7. The Kier molecular flexibility index (Phi) is 5.73. The zero-order chi connectivity index (χ0) is 23.5. The largest absolute Gasteiger partial charge is 0.461 e. The summed E-state index contributed by atoms with van der Waals surface area (Å²) in [6.07, 6.45) is 2.38. The SMILES string of the molecule is O=C(CCCN1C(=O)c2ccccc2C1=O)Nc1ccccc1Cc1nc(-c2ccco2)no1. The zero-order valence-electron chi connectivity index (χ0n) is 18.1. The van der Waals surface area contributed by atoms with Crippen molar-refractivity contribution in [1.82, 2.24) is 15.0 Å². The van der Waals surface area contributed by atoms with Gasteiger partial charge < -0.3 is 14.3 Å². The fraction of sp³-hybridized carbons (Fsp3) is 0.160. The molecule has 0 saturated heterocycles. The summed E-state index contributed by atoms with van der Waals surface area (Å²) in [6.45, 7) is 0.180. The molecule has 9 nitrogen and oxygen atoms in total. The molecular formula is C25H20N4O5. The Bertz CT molecular complexity index is 1320. The number of para-hydroxylation sites is 1. The lowest BCUT2D eigenvalue weighted by molar-refractivity contribution is -0.116. The van der Waals surface area contributed by atoms with Crippen LogP contribution in [0.1, 0.15) is 45.0 Å². The number of aromatic nitrogens is 2. The molecule has 0 bridgehead atoms. The number of benzene rings is 2. The highest BCUT2D eigenvalue weighted by molar-refractivity contribution is 6.21. The van der Waals surface area contributed by atoms with Crippen LogP contribution in [0.4, 0.5) is 5.69 Å². The summed E-state index contributed by atoms with van der Waals surface area (Å²) in [5.74, 6) is 0.397. The number of rotatable bonds is 8. The smallest absolute Gasteiger partial charge is 0.261 e. The van der Waals surface area contributed by atoms with Gasteiger partial charge in [-0.2, -0.15) is 4.98 Å². The van der Waals surface area contributed by atoms with Crippen LogP contribution >= 0.6 is 0 Å². The molecule has 3 amide bonds. The summed E-state index contributed by atoms with van der Waals surface area (Å²) in [7, 11) is 0. The van der Waals surface area contributed by atoms with Gasteiger partial charge in [0.2, 0.25) is 17.6 Å². The fourth-order valence-corrected chi connectivity index (χ4v) is 3.84. The van der Waals surface area contributed by atoms with Crippen molar-refractivity contribution in [2.45, 2.75) is 19.3 Å². The first-order valence-corrected chi connectivity index (χ1v) is 10.8. The van der Waals surface area contributed by atoms with Gasteiger partial charge in [-0.25, -0.2) is 0 Å². The van der Waals surface area contributed by atoms with Gasteiger partial charge >= 0.3 is 0 Å². The molecule has 4 aromatic rings. The minimum absolute atomic E-state index is 0.158. The number of nitrogens with zero attached hydrogens (tertiary/aromatic N) is 3. The number of carbonyl (C=O) groups is 3. The number of carbonyl (C=O) groups excluding carboxylic acids is 3. The molecule has 0 spiro atoms. The lowest BCUT2D eigenvalue weighted by atomic mass is 10.1. The van der Waals surface area contributed by atoms with Gasteiger partial charge in [0.1, 0.15) is 0 Å². The molecule has 1 aliphatic heterocycles. The minimum Gasteiger partial charge on any atom is -0.461 e. The van der Waals surface area contributed by atoms with Gasteiger partial charge in [0.25, 0.3) is 11.8 Å². The van der Waals surface area contributed by atoms with Crippen LogP contribution in [0.2, 0.25) is 0 Å². The van der Waals surface area contributed by atoms with E-state index in [1.165, 1.54) is 11.2 Å². The van der Waals surface area contributed by atoms with Crippen LogP contribution in [-0.2, 0) is 11.2 Å². The Labute approximate surface area is 194 Å². The fourth-order valence-electron chi connectivity index (χ4n) is 3.84. The summed E-state index contributed by atoms with van der Waals surface area (Å²) in [4.78, 5) is 43.0. The molecule has 2 aromatic carbocycles. The van der Waals surface area contributed by atoms with E-state index >= 15 is 0 Å². The molecule has 1 N–H and O–H groups in total. The van der Waals surface area contributed by atoms with Gasteiger partial charge in [0, 0.05) is 18.7 Å². The van der Waals surface area contributed by atoms with Crippen molar-refractivity contribution in [1.29, 1.82) is 0 Å². The van der Waals surface area contributed by atoms with Crippen molar-refractivity contribution in [3.63, 3.8) is 0 Å². The molecule has 0 radical (unpaired) electrons. The van der Waals surface area contributed by atoms with Crippen molar-refractivity contribution < 1.29 is 23.3 Å². The highest BCUT2D eigenvalue weighted by Gasteiger charge is 2.34. The van der Waals surface area contributed by atoms with Crippen LogP contribution in [0.5, 0.6) is 0 Å². The van der Waals surface area contributed by atoms with E-state index in [0.29, 0.717) is 47.1 Å². The van der Waals surface area contributed by atoms with Crippen LogP contribution < -0.4 is 5.32 Å². The van der Waals surface area contributed by atoms with Crippen LogP contribution in [0.25, 0.3) is 11.6 Å². The molecule has 1 aliphatic rings. The lowest BCUT2D eigenvalue weighted by Gasteiger charge is -2.14. The molecule has 170 valence electrons. The third-order valence-electron chi connectivity index (χ3n) is 5.51. The lowest BCUT2D eigenvalue weighted by Crippen LogP contribution is -2.31. The van der Waals surface area contributed by atoms with Crippen molar-refractivity contribution >= 4 is 23.4 Å². The van der Waals surface area contributed by atoms with Crippen molar-refractivity contribution in [2.75, 3.05) is 11.9 Å². The van der Waals surface area contributed by atoms with E-state index in [4.69, 9.17) is 8.94 Å². The molecule has 0 saturated carbocycles. The van der Waals surface area contributed by atoms with E-state index in [1.54, 1.807) is 42.5 Å². The molecule has 2 aromatic heterocycles. The van der Waals surface area contributed by atoms with Gasteiger partial charge in [0.15, 0.2) is 5.76 Å². The van der Waals surface area contributed by atoms with E-state index in [0.717, 1.165) is 5.56 Å². The maximum atomic E-state index is 12.6. The van der Waals surface area contributed by atoms with Crippen LogP contribution in [0.15, 0.2) is 75.9 Å². The number of anilines is 1. The van der Waals surface area contributed by atoms with E-state index in [9.17, 15) is 14.4 Å². The molecule has 5 rings (SSSR count). The van der Waals surface area contributed by atoms with Crippen molar-refractivity contribution in [2.24, 2.45) is 0 Å². The molecule has 0 atom stereocenters. The predicted octanol–water partition coefficient (Wildman–Crippen LogP) is 3.94. The van der Waals surface area contributed by atoms with Gasteiger partial charge in [-0.3, -0.25) is 19.3 Å². The second-order valence-corrected chi connectivity index (χ2v) is 7.78. The number of nitrogens with one attached hydrogen (secondary N) is 1. The normalized spacial score (nSPS) is 12.8. The van der Waals surface area contributed by atoms with E-state index in [-0.39, 0.29) is 30.7 Å². The molecule has 0 unspecified atom stereocenters. The molecular weight excluding hydrogens is 436 g/mol. The summed E-state index contributed by atoms with van der Waals surface area (Å²) in [6, 6.07) is 17.5. The van der Waals surface area contributed by atoms with Crippen LogP contribution in [-0.4, -0.2) is 39.3 Å². The molecule has 9 heteroatoms. The first kappa shape index (κ1) is 21.3. The molecule has 0 fully saturated rings. The summed E-state index contributed by atoms with van der Waals surface area (Å²) in [5, 5.41) is 6.82. The van der Waals surface area contributed by atoms with Crippen molar-refractivity contribution in [3.8, 4) is 11.6 Å². The van der Waals surface area contributed by atoms with Gasteiger partial charge in [-0.1, -0.05) is 35.5 Å². The second kappa shape index (κ2) is 9.14. The second-order valence-electron chi connectivity index (χ2n) is 7.78. The summed E-state index contributed by atoms with van der Waals surface area (Å²) < 4.78 is 10.6. The standard InChI is InChI=1S/C25H20N4O5/c30-21(12-5-13-29-24(31)17-8-2-3-9-18(17)25(29)32)26-19-10-4-1-7-16(19)15-22-27-23(28-34-22)20-11-6-14-33-20/h1-4,6-11,14H,5,12-13,15H2,(H,26,30). The predicted molar refractivity (Wildman–Crippen MR) is 121 cm³/mol. The van der Waals surface area contributed by atoms with E-state index in [2.05, 4.69) is 15.5 Å². The minimum atomic E-state index is -0.320. The summed E-state index contributed by atoms with van der Waals surface area (Å²) >= 11 is 0. The molecule has 34 heavy (non-hydrogen) atoms. The number of amides is 3. The highest BCUT2D eigenvalue weighted by atomic mass is 16.5. The molecule has 3 heterocycles. The topological polar surface area (TPSA) is 119 Å². The van der Waals surface area contributed by atoms with E-state index in [1.807, 2.05) is 18.2 Å². The third-order valence-corrected chi connectivity index (χ3v) is 5.51. The Hall–Kier alpha value is -4.53. The number of fused-ring (bicyclic) bond motifs is 1. The summed E-state index contributed by atoms with van der Waals surface area (Å²) in [5.41, 5.74) is 2.25. The third kappa shape index (κ3) is 4.23. The van der Waals surface area contributed by atoms with Gasteiger partial charge in [0.05, 0.1) is 23.8 Å². The average Bonchev–Trinajstić information content (AvgIpc) is 3.58. The monoisotopic (exact) mass is 456 g/mol. The zero-order valence-corrected chi connectivity index (χ0v) is 18.1. The van der Waals surface area contributed by atoms with Crippen LogP contribution in [0.3, 0.4) is 0 Å². The number of furan rings is 1. The Morgan fingerprint density at radius 2 is 1.68 bits per heavy atom. The number of imide groups is 1. The average molecular weight is 456 g/mol. The first-order chi connectivity index (χ1) is 16.6. The van der Waals surface area contributed by atoms with Crippen molar-refractivity contribution in [3.05, 3.63) is 89.5 Å². The quantitative estimate of drug-likeness (QED) is 0.399. The van der Waals surface area contributed by atoms with Gasteiger partial charge in [-0.05, 0) is 42.3 Å². The Balaban J connectivity index is 1.18. The maximum Gasteiger partial charge on any atom is 0.261 e. The Morgan fingerprint density at radius 1 is 0.941 bits per heavy atom. The maximum absolute atomic E-state index is 12.6. The molecule has 0 aliphatic carbocycles.